The van der Waals surface area contributed by atoms with Crippen molar-refractivity contribution in [3.63, 3.8) is 0 Å². The number of anilines is 1. The average molecular weight is 374 g/mol. The van der Waals surface area contributed by atoms with Gasteiger partial charge in [-0.3, -0.25) is 29.5 Å². The fourth-order valence-electron chi connectivity index (χ4n) is 4.62. The predicted molar refractivity (Wildman–Crippen MR) is 97.7 cm³/mol. The number of hydrogen-bond acceptors (Lipinski definition) is 6. The van der Waals surface area contributed by atoms with Gasteiger partial charge in [0, 0.05) is 44.9 Å². The third kappa shape index (κ3) is 1.97. The number of fused-ring (bicyclic) bond motifs is 4. The van der Waals surface area contributed by atoms with Crippen molar-refractivity contribution in [2.75, 3.05) is 25.5 Å². The van der Waals surface area contributed by atoms with Gasteiger partial charge in [-0.1, -0.05) is 0 Å². The van der Waals surface area contributed by atoms with E-state index in [9.17, 15) is 19.7 Å². The average Bonchev–Trinajstić information content (AvgIpc) is 3.13. The molecule has 3 heterocycles. The summed E-state index contributed by atoms with van der Waals surface area (Å²) in [6, 6.07) is 4.43. The number of nitro groups is 1. The molecule has 0 unspecified atom stereocenters. The van der Waals surface area contributed by atoms with Crippen LogP contribution in [0.5, 0.6) is 0 Å². The zero-order valence-corrected chi connectivity index (χ0v) is 15.3. The summed E-state index contributed by atoms with van der Waals surface area (Å²) in [6.45, 7) is 0.718. The van der Waals surface area contributed by atoms with Gasteiger partial charge in [-0.25, -0.2) is 0 Å². The van der Waals surface area contributed by atoms with Crippen LogP contribution in [0.4, 0.5) is 11.4 Å². The van der Waals surface area contributed by atoms with Gasteiger partial charge in [-0.2, -0.15) is 0 Å². The van der Waals surface area contributed by atoms with Crippen LogP contribution >= 0.6 is 12.2 Å². The minimum Gasteiger partial charge on any atom is -0.367 e. The molecule has 0 radical (unpaired) electrons. The van der Waals surface area contributed by atoms with E-state index in [2.05, 4.69) is 4.90 Å². The lowest BCUT2D eigenvalue weighted by atomic mass is 9.68. The summed E-state index contributed by atoms with van der Waals surface area (Å²) in [7, 11) is 3.16. The fraction of sp³-hybridized carbons (Fsp3) is 0.471. The molecule has 8 nitrogen and oxygen atoms in total. The second kappa shape index (κ2) is 5.47. The molecular formula is C17H18N4O4S. The highest BCUT2D eigenvalue weighted by atomic mass is 32.1. The van der Waals surface area contributed by atoms with Gasteiger partial charge in [0.1, 0.15) is 0 Å². The number of thiocarbonyl (C=S) groups is 1. The molecule has 4 rings (SSSR count). The van der Waals surface area contributed by atoms with Crippen molar-refractivity contribution in [1.29, 1.82) is 0 Å². The van der Waals surface area contributed by atoms with Crippen molar-refractivity contribution in [3.8, 4) is 0 Å². The molecule has 26 heavy (non-hydrogen) atoms. The van der Waals surface area contributed by atoms with Crippen LogP contribution in [-0.2, 0) is 16.0 Å². The Balaban J connectivity index is 1.91. The minimum absolute atomic E-state index is 0.0375. The molecule has 1 atom stereocenters. The van der Waals surface area contributed by atoms with Crippen LogP contribution in [0.2, 0.25) is 0 Å². The number of hydrogen-bond donors (Lipinski definition) is 0. The van der Waals surface area contributed by atoms with Gasteiger partial charge < -0.3 is 4.90 Å². The van der Waals surface area contributed by atoms with Crippen LogP contribution in [0.15, 0.2) is 18.2 Å². The summed E-state index contributed by atoms with van der Waals surface area (Å²) < 4.78 is 0. The molecule has 1 spiro atoms. The summed E-state index contributed by atoms with van der Waals surface area (Å²) in [5, 5.41) is 11.4. The van der Waals surface area contributed by atoms with Crippen LogP contribution in [0.1, 0.15) is 18.4 Å². The van der Waals surface area contributed by atoms with Gasteiger partial charge in [-0.15, -0.1) is 0 Å². The fourth-order valence-corrected chi connectivity index (χ4v) is 4.78. The second-order valence-corrected chi connectivity index (χ2v) is 7.45. The highest BCUT2D eigenvalue weighted by Crippen LogP contribution is 2.49. The highest BCUT2D eigenvalue weighted by molar-refractivity contribution is 7.80. The van der Waals surface area contributed by atoms with Crippen molar-refractivity contribution in [2.24, 2.45) is 5.41 Å². The van der Waals surface area contributed by atoms with Gasteiger partial charge in [0.2, 0.25) is 11.8 Å². The second-order valence-electron chi connectivity index (χ2n) is 7.08. The van der Waals surface area contributed by atoms with Crippen LogP contribution in [-0.4, -0.2) is 58.3 Å². The summed E-state index contributed by atoms with van der Waals surface area (Å²) in [5.41, 5.74) is 0.214. The summed E-state index contributed by atoms with van der Waals surface area (Å²) in [5.74, 6) is -0.640. The van der Waals surface area contributed by atoms with Crippen LogP contribution in [0, 0.1) is 15.5 Å². The molecule has 0 saturated carbocycles. The lowest BCUT2D eigenvalue weighted by Gasteiger charge is -2.51. The molecule has 3 aliphatic heterocycles. The lowest BCUT2D eigenvalue weighted by molar-refractivity contribution is -0.384. The molecule has 0 N–H and O–H groups in total. The first-order valence-corrected chi connectivity index (χ1v) is 8.84. The molecule has 0 aliphatic carbocycles. The molecule has 1 aromatic rings. The van der Waals surface area contributed by atoms with E-state index in [-0.39, 0.29) is 35.1 Å². The number of amides is 2. The van der Waals surface area contributed by atoms with Crippen LogP contribution < -0.4 is 4.90 Å². The normalized spacial score (nSPS) is 24.2. The van der Waals surface area contributed by atoms with Gasteiger partial charge in [0.05, 0.1) is 11.0 Å². The Kier molecular flexibility index (Phi) is 3.56. The Morgan fingerprint density at radius 2 is 1.88 bits per heavy atom. The van der Waals surface area contributed by atoms with E-state index in [1.807, 2.05) is 0 Å². The lowest BCUT2D eigenvalue weighted by Crippen LogP contribution is -2.70. The van der Waals surface area contributed by atoms with E-state index in [0.29, 0.717) is 5.56 Å². The predicted octanol–water partition coefficient (Wildman–Crippen LogP) is 1.32. The van der Waals surface area contributed by atoms with E-state index in [1.165, 1.54) is 21.9 Å². The zero-order chi connectivity index (χ0) is 18.8. The van der Waals surface area contributed by atoms with Gasteiger partial charge in [0.25, 0.3) is 5.69 Å². The van der Waals surface area contributed by atoms with Gasteiger partial charge in [0.15, 0.2) is 10.5 Å². The molecule has 0 aromatic heterocycles. The Morgan fingerprint density at radius 3 is 2.50 bits per heavy atom. The van der Waals surface area contributed by atoms with Crippen molar-refractivity contribution in [2.45, 2.75) is 25.3 Å². The summed E-state index contributed by atoms with van der Waals surface area (Å²) >= 11 is 5.22. The molecule has 0 bridgehead atoms. The number of carbonyl (C=O) groups is 2. The standard InChI is InChI=1S/C17H18N4O4S/c1-18-14(22)17(15(23)19(2)16(18)26)9-10-8-11(21(24)25)5-6-12(10)20-7-3-4-13(17)20/h5-6,8,13H,3-4,7,9H2,1-2H3/t13-/m1/s1. The molecule has 2 saturated heterocycles. The summed E-state index contributed by atoms with van der Waals surface area (Å²) in [4.78, 5) is 42.0. The van der Waals surface area contributed by atoms with Crippen molar-refractivity contribution in [3.05, 3.63) is 33.9 Å². The molecule has 3 aliphatic rings. The zero-order valence-electron chi connectivity index (χ0n) is 14.5. The van der Waals surface area contributed by atoms with Gasteiger partial charge in [-0.05, 0) is 36.7 Å². The number of benzene rings is 1. The first-order chi connectivity index (χ1) is 12.3. The van der Waals surface area contributed by atoms with E-state index in [0.717, 1.165) is 25.1 Å². The number of rotatable bonds is 1. The minimum atomic E-state index is -1.29. The van der Waals surface area contributed by atoms with E-state index in [4.69, 9.17) is 12.2 Å². The maximum absolute atomic E-state index is 13.3. The third-order valence-electron chi connectivity index (χ3n) is 5.82. The highest BCUT2D eigenvalue weighted by Gasteiger charge is 2.63. The molecular weight excluding hydrogens is 356 g/mol. The van der Waals surface area contributed by atoms with Crippen molar-refractivity contribution >= 4 is 40.5 Å². The van der Waals surface area contributed by atoms with E-state index in [1.54, 1.807) is 20.2 Å². The van der Waals surface area contributed by atoms with Crippen molar-refractivity contribution in [1.82, 2.24) is 9.80 Å². The number of carbonyl (C=O) groups excluding carboxylic acids is 2. The summed E-state index contributed by atoms with van der Waals surface area (Å²) in [6.07, 6.45) is 1.74. The Hall–Kier alpha value is -2.55. The largest absolute Gasteiger partial charge is 0.367 e. The quantitative estimate of drug-likeness (QED) is 0.319. The van der Waals surface area contributed by atoms with E-state index < -0.39 is 10.3 Å². The first kappa shape index (κ1) is 16.9. The first-order valence-electron chi connectivity index (χ1n) is 8.43. The van der Waals surface area contributed by atoms with Crippen LogP contribution in [0.25, 0.3) is 0 Å². The number of nitro benzene ring substituents is 1. The monoisotopic (exact) mass is 374 g/mol. The topological polar surface area (TPSA) is 87.0 Å². The van der Waals surface area contributed by atoms with Crippen LogP contribution in [0.3, 0.4) is 0 Å². The number of nitrogens with zero attached hydrogens (tertiary/aromatic N) is 4. The third-order valence-corrected chi connectivity index (χ3v) is 6.37. The molecule has 2 fully saturated rings. The Labute approximate surface area is 155 Å². The van der Waals surface area contributed by atoms with Crippen molar-refractivity contribution < 1.29 is 14.5 Å². The van der Waals surface area contributed by atoms with E-state index >= 15 is 0 Å². The number of non-ortho nitro benzene ring substituents is 1. The maximum Gasteiger partial charge on any atom is 0.269 e. The molecule has 1 aromatic carbocycles. The Morgan fingerprint density at radius 1 is 1.23 bits per heavy atom. The molecule has 136 valence electrons. The maximum atomic E-state index is 13.3. The molecule has 2 amide bonds. The smallest absolute Gasteiger partial charge is 0.269 e. The molecule has 9 heteroatoms. The van der Waals surface area contributed by atoms with Gasteiger partial charge >= 0.3 is 0 Å². The SMILES string of the molecule is CN1C(=O)C2(Cc3cc([N+](=O)[O-])ccc3N3CCC[C@@H]32)C(=O)N(C)C1=S. The Bertz CT molecular complexity index is 846.